The Labute approximate surface area is 157 Å². The Kier molecular flexibility index (Phi) is 6.51. The van der Waals surface area contributed by atoms with Crippen molar-refractivity contribution < 1.29 is 0 Å². The van der Waals surface area contributed by atoms with Crippen molar-refractivity contribution in [1.29, 1.82) is 0 Å². The molecule has 0 atom stereocenters. The molecule has 0 N–H and O–H groups in total. The van der Waals surface area contributed by atoms with E-state index in [2.05, 4.69) is 80.5 Å². The zero-order chi connectivity index (χ0) is 16.1. The predicted molar refractivity (Wildman–Crippen MR) is 108 cm³/mol. The van der Waals surface area contributed by atoms with Gasteiger partial charge in [-0.2, -0.15) is 11.3 Å². The van der Waals surface area contributed by atoms with Crippen LogP contribution in [0.1, 0.15) is 24.0 Å². The lowest BCUT2D eigenvalue weighted by Crippen LogP contribution is -2.37. The number of hydrogen-bond donors (Lipinski definition) is 0. The highest BCUT2D eigenvalue weighted by atomic mass is 127. The fraction of sp³-hybridized carbons (Fsp3) is 0.474. The zero-order valence-corrected chi connectivity index (χ0v) is 16.7. The second kappa shape index (κ2) is 8.60. The van der Waals surface area contributed by atoms with E-state index in [9.17, 15) is 0 Å². The Hall–Kier alpha value is -0.430. The van der Waals surface area contributed by atoms with Crippen molar-refractivity contribution in [3.63, 3.8) is 0 Å². The normalized spacial score (nSPS) is 17.0. The first-order valence-corrected chi connectivity index (χ1v) is 10.4. The lowest BCUT2D eigenvalue weighted by Gasteiger charge is -2.34. The number of nitrogens with zero attached hydrogens (tertiary/aromatic N) is 2. The summed E-state index contributed by atoms with van der Waals surface area (Å²) < 4.78 is 1.39. The Bertz CT molecular complexity index is 591. The Morgan fingerprint density at radius 1 is 1.22 bits per heavy atom. The largest absolute Gasteiger partial charge is 0.302 e. The van der Waals surface area contributed by atoms with Gasteiger partial charge in [-0.3, -0.25) is 4.90 Å². The van der Waals surface area contributed by atoms with Crippen LogP contribution >= 0.6 is 33.9 Å². The van der Waals surface area contributed by atoms with E-state index in [1.165, 1.54) is 47.2 Å². The smallest absolute Gasteiger partial charge is 0.0244 e. The predicted octanol–water partition coefficient (Wildman–Crippen LogP) is 4.70. The first-order valence-electron chi connectivity index (χ1n) is 8.36. The molecule has 1 aliphatic rings. The van der Waals surface area contributed by atoms with Crippen molar-refractivity contribution in [3.8, 4) is 0 Å². The van der Waals surface area contributed by atoms with Gasteiger partial charge in [0.25, 0.3) is 0 Å². The minimum absolute atomic E-state index is 0.852. The van der Waals surface area contributed by atoms with Crippen molar-refractivity contribution in [2.45, 2.75) is 25.9 Å². The third-order valence-corrected chi connectivity index (χ3v) is 6.45. The van der Waals surface area contributed by atoms with Crippen LogP contribution in [0, 0.1) is 9.49 Å². The topological polar surface area (TPSA) is 6.48 Å². The summed E-state index contributed by atoms with van der Waals surface area (Å²) in [7, 11) is 2.26. The summed E-state index contributed by atoms with van der Waals surface area (Å²) in [5.74, 6) is 0.852. The molecule has 2 nitrogen and oxygen atoms in total. The van der Waals surface area contributed by atoms with Gasteiger partial charge in [-0.05, 0) is 95.5 Å². The summed E-state index contributed by atoms with van der Waals surface area (Å²) in [5, 5.41) is 4.44. The number of hydrogen-bond acceptors (Lipinski definition) is 3. The number of halogens is 1. The summed E-state index contributed by atoms with van der Waals surface area (Å²) in [4.78, 5) is 5.11. The van der Waals surface area contributed by atoms with E-state index < -0.39 is 0 Å². The average molecular weight is 440 g/mol. The lowest BCUT2D eigenvalue weighted by atomic mass is 9.96. The molecule has 23 heavy (non-hydrogen) atoms. The van der Waals surface area contributed by atoms with Gasteiger partial charge in [0.15, 0.2) is 0 Å². The highest BCUT2D eigenvalue weighted by molar-refractivity contribution is 14.1. The van der Waals surface area contributed by atoms with Gasteiger partial charge in [-0.15, -0.1) is 0 Å². The van der Waals surface area contributed by atoms with Gasteiger partial charge < -0.3 is 4.90 Å². The first kappa shape index (κ1) is 17.4. The highest BCUT2D eigenvalue weighted by Gasteiger charge is 2.20. The fourth-order valence-electron chi connectivity index (χ4n) is 3.39. The van der Waals surface area contributed by atoms with Gasteiger partial charge in [0.05, 0.1) is 0 Å². The van der Waals surface area contributed by atoms with Gasteiger partial charge in [0.1, 0.15) is 0 Å². The Balaban J connectivity index is 1.42. The second-order valence-corrected chi connectivity index (χ2v) is 8.58. The molecule has 0 saturated carbocycles. The molecule has 1 aromatic heterocycles. The Morgan fingerprint density at radius 3 is 2.70 bits per heavy atom. The number of rotatable bonds is 6. The molecule has 0 radical (unpaired) electrons. The fourth-order valence-corrected chi connectivity index (χ4v) is 4.61. The third-order valence-electron chi connectivity index (χ3n) is 4.66. The SMILES string of the molecule is CN(Cc1ccsc1)CC1CCN(Cc2ccccc2I)CC1. The number of thiophene rings is 1. The molecular formula is C19H25IN2S. The first-order chi connectivity index (χ1) is 11.2. The van der Waals surface area contributed by atoms with E-state index in [4.69, 9.17) is 0 Å². The van der Waals surface area contributed by atoms with Gasteiger partial charge in [-0.25, -0.2) is 0 Å². The maximum atomic E-state index is 2.62. The third kappa shape index (κ3) is 5.28. The van der Waals surface area contributed by atoms with Crippen LogP contribution in [-0.2, 0) is 13.1 Å². The molecule has 0 aliphatic carbocycles. The van der Waals surface area contributed by atoms with Crippen LogP contribution in [0.3, 0.4) is 0 Å². The van der Waals surface area contributed by atoms with E-state index in [0.29, 0.717) is 0 Å². The van der Waals surface area contributed by atoms with Crippen molar-refractivity contribution in [2.24, 2.45) is 5.92 Å². The average Bonchev–Trinajstić information content (AvgIpc) is 3.04. The summed E-state index contributed by atoms with van der Waals surface area (Å²) in [6.07, 6.45) is 2.66. The Morgan fingerprint density at radius 2 is 2.00 bits per heavy atom. The molecule has 3 rings (SSSR count). The highest BCUT2D eigenvalue weighted by Crippen LogP contribution is 2.22. The molecule has 1 aromatic carbocycles. The molecule has 0 bridgehead atoms. The molecule has 1 aliphatic heterocycles. The standard InChI is InChI=1S/C19H25IN2S/c1-21(13-17-8-11-23-15-17)12-16-6-9-22(10-7-16)14-18-4-2-3-5-19(18)20/h2-5,8,11,15-16H,6-7,9-10,12-14H2,1H3. The molecule has 1 saturated heterocycles. The summed E-state index contributed by atoms with van der Waals surface area (Å²) >= 11 is 4.25. The molecule has 4 heteroatoms. The quantitative estimate of drug-likeness (QED) is 0.601. The maximum absolute atomic E-state index is 2.62. The van der Waals surface area contributed by atoms with E-state index in [0.717, 1.165) is 19.0 Å². The van der Waals surface area contributed by atoms with Crippen LogP contribution in [0.25, 0.3) is 0 Å². The van der Waals surface area contributed by atoms with Gasteiger partial charge in [-0.1, -0.05) is 18.2 Å². The number of benzene rings is 1. The minimum Gasteiger partial charge on any atom is -0.302 e. The molecule has 2 heterocycles. The molecule has 2 aromatic rings. The van der Waals surface area contributed by atoms with Crippen LogP contribution in [-0.4, -0.2) is 36.5 Å². The maximum Gasteiger partial charge on any atom is 0.0244 e. The lowest BCUT2D eigenvalue weighted by molar-refractivity contribution is 0.147. The van der Waals surface area contributed by atoms with Crippen LogP contribution in [0.5, 0.6) is 0 Å². The van der Waals surface area contributed by atoms with Gasteiger partial charge in [0.2, 0.25) is 0 Å². The monoisotopic (exact) mass is 440 g/mol. The zero-order valence-electron chi connectivity index (χ0n) is 13.7. The summed E-state index contributed by atoms with van der Waals surface area (Å²) in [5.41, 5.74) is 2.93. The van der Waals surface area contributed by atoms with Crippen LogP contribution in [0.4, 0.5) is 0 Å². The molecule has 124 valence electrons. The molecule has 1 fully saturated rings. The van der Waals surface area contributed by atoms with Crippen molar-refractivity contribution >= 4 is 33.9 Å². The van der Waals surface area contributed by atoms with E-state index in [-0.39, 0.29) is 0 Å². The second-order valence-electron chi connectivity index (χ2n) is 6.64. The van der Waals surface area contributed by atoms with Crippen molar-refractivity contribution in [3.05, 3.63) is 55.8 Å². The van der Waals surface area contributed by atoms with Gasteiger partial charge >= 0.3 is 0 Å². The van der Waals surface area contributed by atoms with Gasteiger partial charge in [0, 0.05) is 23.2 Å². The number of likely N-dealkylation sites (tertiary alicyclic amines) is 1. The summed E-state index contributed by atoms with van der Waals surface area (Å²) in [6, 6.07) is 11.0. The van der Waals surface area contributed by atoms with Crippen LogP contribution < -0.4 is 0 Å². The molecule has 0 unspecified atom stereocenters. The van der Waals surface area contributed by atoms with Crippen LogP contribution in [0.2, 0.25) is 0 Å². The van der Waals surface area contributed by atoms with Crippen LogP contribution in [0.15, 0.2) is 41.1 Å². The summed E-state index contributed by atoms with van der Waals surface area (Å²) in [6.45, 7) is 5.90. The number of piperidine rings is 1. The molecule has 0 spiro atoms. The van der Waals surface area contributed by atoms with E-state index >= 15 is 0 Å². The van der Waals surface area contributed by atoms with Crippen molar-refractivity contribution in [2.75, 3.05) is 26.7 Å². The molecule has 0 amide bonds. The van der Waals surface area contributed by atoms with E-state index in [1.54, 1.807) is 11.3 Å². The molecular weight excluding hydrogens is 415 g/mol. The van der Waals surface area contributed by atoms with Crippen molar-refractivity contribution in [1.82, 2.24) is 9.80 Å². The van der Waals surface area contributed by atoms with E-state index in [1.807, 2.05) is 0 Å². The minimum atomic E-state index is 0.852.